The maximum Gasteiger partial charge on any atom is 0.187 e. The van der Waals surface area contributed by atoms with Gasteiger partial charge in [0.25, 0.3) is 0 Å². The number of hydrogen-bond donors (Lipinski definition) is 0. The van der Waals surface area contributed by atoms with Crippen LogP contribution in [0.3, 0.4) is 0 Å². The van der Waals surface area contributed by atoms with Gasteiger partial charge < -0.3 is 0 Å². The van der Waals surface area contributed by atoms with Crippen LogP contribution >= 0.6 is 0 Å². The molecule has 0 aliphatic heterocycles. The summed E-state index contributed by atoms with van der Waals surface area (Å²) in [7, 11) is 0. The molecule has 0 spiro atoms. The van der Waals surface area contributed by atoms with Crippen LogP contribution in [-0.4, -0.2) is 0 Å². The highest BCUT2D eigenvalue weighted by atomic mass is 14.6. The highest BCUT2D eigenvalue weighted by Crippen LogP contribution is 2.21. The van der Waals surface area contributed by atoms with Crippen molar-refractivity contribution < 1.29 is 0 Å². The summed E-state index contributed by atoms with van der Waals surface area (Å²) in [5, 5.41) is 0. The van der Waals surface area contributed by atoms with Crippen LogP contribution in [0.5, 0.6) is 0 Å². The molecule has 0 radical (unpaired) electrons. The van der Waals surface area contributed by atoms with E-state index in [0.29, 0.717) is 11.4 Å². The van der Waals surface area contributed by atoms with Crippen molar-refractivity contribution in [3.8, 4) is 0 Å². The van der Waals surface area contributed by atoms with E-state index in [4.69, 9.17) is 13.1 Å². The molecular weight excluding hydrogens is 292 g/mol. The first kappa shape index (κ1) is 15.5. The summed E-state index contributed by atoms with van der Waals surface area (Å²) in [6, 6.07) is 24.0. The Morgan fingerprint density at radius 2 is 0.917 bits per heavy atom. The van der Waals surface area contributed by atoms with Crippen LogP contribution in [0, 0.1) is 13.1 Å². The summed E-state index contributed by atoms with van der Waals surface area (Å²) in [5.41, 5.74) is 6.35. The van der Waals surface area contributed by atoms with Crippen molar-refractivity contribution in [3.05, 3.63) is 118 Å². The van der Waals surface area contributed by atoms with Gasteiger partial charge in [0.15, 0.2) is 11.4 Å². The molecule has 0 saturated carbocycles. The number of rotatable bonds is 4. The fourth-order valence-corrected chi connectivity index (χ4v) is 2.72. The Labute approximate surface area is 142 Å². The molecule has 114 valence electrons. The van der Waals surface area contributed by atoms with Crippen molar-refractivity contribution in [3.63, 3.8) is 0 Å². The van der Waals surface area contributed by atoms with E-state index in [1.165, 1.54) is 22.3 Å². The number of hydrogen-bond acceptors (Lipinski definition) is 0. The first-order chi connectivity index (χ1) is 11.8. The van der Waals surface area contributed by atoms with Gasteiger partial charge in [-0.3, -0.25) is 0 Å². The first-order valence-electron chi connectivity index (χ1n) is 7.78. The summed E-state index contributed by atoms with van der Waals surface area (Å²) in [4.78, 5) is 6.87. The van der Waals surface area contributed by atoms with Crippen LogP contribution in [0.15, 0.2) is 72.8 Å². The van der Waals surface area contributed by atoms with Crippen molar-refractivity contribution in [2.24, 2.45) is 0 Å². The van der Waals surface area contributed by atoms with Gasteiger partial charge in [-0.05, 0) is 35.1 Å². The monoisotopic (exact) mass is 308 g/mol. The van der Waals surface area contributed by atoms with Gasteiger partial charge >= 0.3 is 0 Å². The van der Waals surface area contributed by atoms with Gasteiger partial charge in [0.1, 0.15) is 0 Å². The molecule has 24 heavy (non-hydrogen) atoms. The van der Waals surface area contributed by atoms with Gasteiger partial charge in [0.05, 0.1) is 13.1 Å². The Balaban J connectivity index is 1.81. The lowest BCUT2D eigenvalue weighted by Crippen LogP contribution is -1.97. The SMILES string of the molecule is [C-]#[N+]c1ccc(Cc2ccccc2Cc2ccc([N+]#[C-])cc2)cc1. The lowest BCUT2D eigenvalue weighted by Gasteiger charge is -2.10. The van der Waals surface area contributed by atoms with Crippen LogP contribution < -0.4 is 0 Å². The second-order valence-corrected chi connectivity index (χ2v) is 5.68. The average molecular weight is 308 g/mol. The van der Waals surface area contributed by atoms with E-state index < -0.39 is 0 Å². The smallest absolute Gasteiger partial charge is 0.187 e. The highest BCUT2D eigenvalue weighted by Gasteiger charge is 2.05. The lowest BCUT2D eigenvalue weighted by molar-refractivity contribution is 1.09. The summed E-state index contributed by atoms with van der Waals surface area (Å²) < 4.78 is 0. The molecule has 0 saturated heterocycles. The minimum absolute atomic E-state index is 0.673. The van der Waals surface area contributed by atoms with E-state index in [9.17, 15) is 0 Å². The van der Waals surface area contributed by atoms with Crippen molar-refractivity contribution in [2.45, 2.75) is 12.8 Å². The van der Waals surface area contributed by atoms with E-state index in [1.54, 1.807) is 0 Å². The topological polar surface area (TPSA) is 8.72 Å². The molecule has 0 N–H and O–H groups in total. The molecule has 0 fully saturated rings. The first-order valence-corrected chi connectivity index (χ1v) is 7.78. The maximum atomic E-state index is 7.03. The molecule has 0 heterocycles. The van der Waals surface area contributed by atoms with E-state index in [1.807, 2.05) is 48.5 Å². The molecule has 0 amide bonds. The second kappa shape index (κ2) is 7.27. The fraction of sp³-hybridized carbons (Fsp3) is 0.0909. The second-order valence-electron chi connectivity index (χ2n) is 5.68. The minimum atomic E-state index is 0.673. The predicted octanol–water partition coefficient (Wildman–Crippen LogP) is 5.97. The normalized spacial score (nSPS) is 9.92. The molecule has 0 aromatic heterocycles. The summed E-state index contributed by atoms with van der Waals surface area (Å²) in [6.07, 6.45) is 1.71. The zero-order valence-electron chi connectivity index (χ0n) is 13.2. The third kappa shape index (κ3) is 3.69. The summed E-state index contributed by atoms with van der Waals surface area (Å²) >= 11 is 0. The largest absolute Gasteiger partial charge is 0.238 e. The summed E-state index contributed by atoms with van der Waals surface area (Å²) in [5.74, 6) is 0. The van der Waals surface area contributed by atoms with Crippen molar-refractivity contribution in [2.75, 3.05) is 0 Å². The van der Waals surface area contributed by atoms with Gasteiger partial charge in [-0.25, -0.2) is 9.69 Å². The van der Waals surface area contributed by atoms with Crippen molar-refractivity contribution in [1.82, 2.24) is 0 Å². The van der Waals surface area contributed by atoms with E-state index in [-0.39, 0.29) is 0 Å². The molecule has 2 nitrogen and oxygen atoms in total. The van der Waals surface area contributed by atoms with E-state index >= 15 is 0 Å². The third-order valence-electron chi connectivity index (χ3n) is 4.04. The fourth-order valence-electron chi connectivity index (χ4n) is 2.72. The molecule has 2 heteroatoms. The number of nitrogens with zero attached hydrogens (tertiary/aromatic N) is 2. The molecule has 3 rings (SSSR count). The highest BCUT2D eigenvalue weighted by molar-refractivity contribution is 5.48. The van der Waals surface area contributed by atoms with E-state index in [0.717, 1.165) is 12.8 Å². The predicted molar refractivity (Wildman–Crippen MR) is 97.5 cm³/mol. The van der Waals surface area contributed by atoms with Gasteiger partial charge in [0, 0.05) is 0 Å². The van der Waals surface area contributed by atoms with Gasteiger partial charge in [-0.1, -0.05) is 72.8 Å². The quantitative estimate of drug-likeness (QED) is 0.525. The van der Waals surface area contributed by atoms with Gasteiger partial charge in [-0.2, -0.15) is 0 Å². The van der Waals surface area contributed by atoms with Crippen LogP contribution in [-0.2, 0) is 12.8 Å². The van der Waals surface area contributed by atoms with Gasteiger partial charge in [-0.15, -0.1) is 0 Å². The Morgan fingerprint density at radius 1 is 0.542 bits per heavy atom. The maximum absolute atomic E-state index is 7.03. The Morgan fingerprint density at radius 3 is 1.25 bits per heavy atom. The Hall–Kier alpha value is -3.36. The molecular formula is C22H16N2. The molecule has 3 aromatic carbocycles. The Bertz CT molecular complexity index is 829. The molecule has 3 aromatic rings. The number of benzene rings is 3. The molecule has 0 bridgehead atoms. The molecule has 0 unspecified atom stereocenters. The standard InChI is InChI=1S/C22H16N2/c1-23-21-11-7-17(8-12-21)15-19-5-3-4-6-20(19)16-18-9-13-22(24-2)14-10-18/h3-14H,15-16H2. The van der Waals surface area contributed by atoms with Crippen LogP contribution in [0.4, 0.5) is 11.4 Å². The van der Waals surface area contributed by atoms with E-state index in [2.05, 4.69) is 34.0 Å². The Kier molecular flexibility index (Phi) is 4.70. The van der Waals surface area contributed by atoms with Crippen molar-refractivity contribution in [1.29, 1.82) is 0 Å². The van der Waals surface area contributed by atoms with Crippen LogP contribution in [0.2, 0.25) is 0 Å². The molecule has 0 aliphatic carbocycles. The van der Waals surface area contributed by atoms with Crippen molar-refractivity contribution >= 4 is 11.4 Å². The zero-order valence-corrected chi connectivity index (χ0v) is 13.2. The third-order valence-corrected chi connectivity index (χ3v) is 4.04. The van der Waals surface area contributed by atoms with Crippen LogP contribution in [0.25, 0.3) is 9.69 Å². The van der Waals surface area contributed by atoms with Gasteiger partial charge in [0.2, 0.25) is 0 Å². The minimum Gasteiger partial charge on any atom is -0.238 e. The zero-order chi connectivity index (χ0) is 16.8. The average Bonchev–Trinajstić information content (AvgIpc) is 2.64. The molecule has 0 aliphatic rings. The van der Waals surface area contributed by atoms with Crippen LogP contribution in [0.1, 0.15) is 22.3 Å². The lowest BCUT2D eigenvalue weighted by atomic mass is 9.95. The molecule has 0 atom stereocenters. The summed E-state index contributed by atoms with van der Waals surface area (Å²) in [6.45, 7) is 14.1.